The first-order chi connectivity index (χ1) is 14.1. The number of halogens is 1. The van der Waals surface area contributed by atoms with Crippen molar-refractivity contribution in [3.63, 3.8) is 0 Å². The third-order valence-corrected chi connectivity index (χ3v) is 5.20. The molecule has 0 fully saturated rings. The van der Waals surface area contributed by atoms with Gasteiger partial charge in [-0.25, -0.2) is 0 Å². The summed E-state index contributed by atoms with van der Waals surface area (Å²) < 4.78 is 10.6. The second-order valence-corrected chi connectivity index (χ2v) is 7.17. The Morgan fingerprint density at radius 2 is 1.93 bits per heavy atom. The number of anilines is 1. The normalized spacial score (nSPS) is 15.5. The minimum atomic E-state index is -0.703. The van der Waals surface area contributed by atoms with Gasteiger partial charge in [-0.05, 0) is 41.5 Å². The molecule has 1 aliphatic rings. The second kappa shape index (κ2) is 8.01. The van der Waals surface area contributed by atoms with Crippen molar-refractivity contribution in [2.24, 2.45) is 0 Å². The van der Waals surface area contributed by atoms with Crippen LogP contribution in [0.3, 0.4) is 0 Å². The third-order valence-electron chi connectivity index (χ3n) is 4.96. The number of carbonyl (C=O) groups is 2. The molecule has 4 rings (SSSR count). The largest absolute Gasteiger partial charge is 0.495 e. The highest BCUT2D eigenvalue weighted by atomic mass is 35.5. The highest BCUT2D eigenvalue weighted by Gasteiger charge is 2.36. The van der Waals surface area contributed by atoms with Gasteiger partial charge in [0.1, 0.15) is 11.8 Å². The van der Waals surface area contributed by atoms with Crippen LogP contribution in [0.5, 0.6) is 5.75 Å². The summed E-state index contributed by atoms with van der Waals surface area (Å²) in [4.78, 5) is 27.8. The van der Waals surface area contributed by atoms with E-state index in [1.807, 2.05) is 24.3 Å². The summed E-state index contributed by atoms with van der Waals surface area (Å²) in [7, 11) is 1.52. The second-order valence-electron chi connectivity index (χ2n) is 6.73. The zero-order chi connectivity index (χ0) is 20.4. The van der Waals surface area contributed by atoms with Gasteiger partial charge in [-0.2, -0.15) is 0 Å². The van der Waals surface area contributed by atoms with Gasteiger partial charge >= 0.3 is 0 Å². The number of methoxy groups -OCH3 is 1. The molecule has 1 unspecified atom stereocenters. The molecule has 148 valence electrons. The fourth-order valence-electron chi connectivity index (χ4n) is 3.51. The van der Waals surface area contributed by atoms with E-state index in [-0.39, 0.29) is 17.6 Å². The molecule has 0 saturated carbocycles. The lowest BCUT2D eigenvalue weighted by atomic mass is 9.93. The van der Waals surface area contributed by atoms with Gasteiger partial charge < -0.3 is 19.4 Å². The minimum Gasteiger partial charge on any atom is -0.495 e. The molecular formula is C22H19ClN2O4. The Kier molecular flexibility index (Phi) is 5.27. The lowest BCUT2D eigenvalue weighted by molar-refractivity contribution is -0.121. The monoisotopic (exact) mass is 410 g/mol. The predicted octanol–water partition coefficient (Wildman–Crippen LogP) is 4.15. The molecule has 2 amide bonds. The Bertz CT molecular complexity index is 1050. The maximum absolute atomic E-state index is 13.2. The van der Waals surface area contributed by atoms with Crippen LogP contribution in [-0.4, -0.2) is 29.9 Å². The van der Waals surface area contributed by atoms with E-state index in [2.05, 4.69) is 5.32 Å². The molecule has 3 aromatic rings. The number of hydrogen-bond acceptors (Lipinski definition) is 4. The zero-order valence-electron chi connectivity index (χ0n) is 15.7. The number of carbonyl (C=O) groups excluding carboxylic acids is 2. The first-order valence-corrected chi connectivity index (χ1v) is 9.50. The first-order valence-electron chi connectivity index (χ1n) is 9.12. The topological polar surface area (TPSA) is 71.8 Å². The summed E-state index contributed by atoms with van der Waals surface area (Å²) in [6.07, 6.45) is 1.84. The number of hydrogen-bond donors (Lipinski definition) is 1. The van der Waals surface area contributed by atoms with Gasteiger partial charge in [0.05, 0.1) is 19.1 Å². The molecule has 0 saturated heterocycles. The molecule has 1 N–H and O–H groups in total. The molecule has 1 aromatic heterocycles. The first kappa shape index (κ1) is 19.1. The van der Waals surface area contributed by atoms with Crippen LogP contribution < -0.4 is 10.1 Å². The smallest absolute Gasteiger partial charge is 0.290 e. The fraction of sp³-hybridized carbons (Fsp3) is 0.182. The number of fused-ring (bicyclic) bond motifs is 1. The van der Waals surface area contributed by atoms with Gasteiger partial charge in [-0.1, -0.05) is 35.9 Å². The van der Waals surface area contributed by atoms with Crippen molar-refractivity contribution < 1.29 is 18.7 Å². The molecule has 2 heterocycles. The van der Waals surface area contributed by atoms with Crippen molar-refractivity contribution in [1.82, 2.24) is 4.90 Å². The molecular weight excluding hydrogens is 392 g/mol. The van der Waals surface area contributed by atoms with Gasteiger partial charge in [0, 0.05) is 18.0 Å². The summed E-state index contributed by atoms with van der Waals surface area (Å²) >= 11 is 6.07. The molecule has 2 aromatic carbocycles. The molecule has 6 nitrogen and oxygen atoms in total. The average Bonchev–Trinajstić information content (AvgIpc) is 3.27. The van der Waals surface area contributed by atoms with Crippen molar-refractivity contribution in [2.75, 3.05) is 12.4 Å². The van der Waals surface area contributed by atoms with Crippen LogP contribution in [0, 0.1) is 0 Å². The summed E-state index contributed by atoms with van der Waals surface area (Å²) in [5.74, 6) is 0.0353. The van der Waals surface area contributed by atoms with Crippen LogP contribution in [0.2, 0.25) is 5.02 Å². The van der Waals surface area contributed by atoms with Crippen LogP contribution in [-0.2, 0) is 17.8 Å². The quantitative estimate of drug-likeness (QED) is 0.701. The summed E-state index contributed by atoms with van der Waals surface area (Å²) in [6, 6.07) is 15.3. The molecule has 1 aliphatic heterocycles. The van der Waals surface area contributed by atoms with Gasteiger partial charge in [0.15, 0.2) is 5.76 Å². The predicted molar refractivity (Wildman–Crippen MR) is 109 cm³/mol. The van der Waals surface area contributed by atoms with E-state index in [0.29, 0.717) is 29.4 Å². The SMILES string of the molecule is COc1ccc(Cl)cc1NC(=O)C1Cc2ccccc2CN1C(=O)c1ccco1. The number of rotatable bonds is 4. The minimum absolute atomic E-state index is 0.197. The Hall–Kier alpha value is -3.25. The molecule has 0 bridgehead atoms. The van der Waals surface area contributed by atoms with Gasteiger partial charge in [0.25, 0.3) is 5.91 Å². The molecule has 0 radical (unpaired) electrons. The fourth-order valence-corrected chi connectivity index (χ4v) is 3.68. The molecule has 29 heavy (non-hydrogen) atoms. The Balaban J connectivity index is 1.66. The number of benzene rings is 2. The van der Waals surface area contributed by atoms with Crippen molar-refractivity contribution in [3.05, 3.63) is 82.8 Å². The number of nitrogens with zero attached hydrogens (tertiary/aromatic N) is 1. The van der Waals surface area contributed by atoms with Gasteiger partial charge in [-0.15, -0.1) is 0 Å². The number of nitrogens with one attached hydrogen (secondary N) is 1. The number of ether oxygens (including phenoxy) is 1. The summed E-state index contributed by atoms with van der Waals surface area (Å²) in [5, 5.41) is 3.33. The number of furan rings is 1. The summed E-state index contributed by atoms with van der Waals surface area (Å²) in [6.45, 7) is 0.320. The molecule has 0 spiro atoms. The maximum atomic E-state index is 13.2. The molecule has 7 heteroatoms. The van der Waals surface area contributed by atoms with Crippen LogP contribution in [0.25, 0.3) is 0 Å². The standard InChI is InChI=1S/C22H19ClN2O4/c1-28-19-9-8-16(23)12-17(19)24-21(26)18-11-14-5-2-3-6-15(14)13-25(18)22(27)20-7-4-10-29-20/h2-10,12,18H,11,13H2,1H3,(H,24,26). The van der Waals surface area contributed by atoms with E-state index in [9.17, 15) is 9.59 Å². The highest BCUT2D eigenvalue weighted by molar-refractivity contribution is 6.31. The lowest BCUT2D eigenvalue weighted by Gasteiger charge is -2.35. The summed E-state index contributed by atoms with van der Waals surface area (Å²) in [5.41, 5.74) is 2.50. The van der Waals surface area contributed by atoms with Crippen molar-refractivity contribution in [1.29, 1.82) is 0 Å². The van der Waals surface area contributed by atoms with Gasteiger partial charge in [0.2, 0.25) is 5.91 Å². The molecule has 1 atom stereocenters. The van der Waals surface area contributed by atoms with E-state index < -0.39 is 6.04 Å². The highest BCUT2D eigenvalue weighted by Crippen LogP contribution is 2.30. The van der Waals surface area contributed by atoms with E-state index in [1.54, 1.807) is 30.3 Å². The van der Waals surface area contributed by atoms with E-state index in [4.69, 9.17) is 20.8 Å². The Labute approximate surface area is 173 Å². The number of amides is 2. The Morgan fingerprint density at radius 1 is 1.14 bits per heavy atom. The van der Waals surface area contributed by atoms with Crippen LogP contribution >= 0.6 is 11.6 Å². The lowest BCUT2D eigenvalue weighted by Crippen LogP contribution is -2.50. The Morgan fingerprint density at radius 3 is 2.66 bits per heavy atom. The van der Waals surface area contributed by atoms with E-state index in [1.165, 1.54) is 18.3 Å². The zero-order valence-corrected chi connectivity index (χ0v) is 16.5. The van der Waals surface area contributed by atoms with Crippen molar-refractivity contribution in [3.8, 4) is 5.75 Å². The maximum Gasteiger partial charge on any atom is 0.290 e. The van der Waals surface area contributed by atoms with Crippen LogP contribution in [0.15, 0.2) is 65.3 Å². The van der Waals surface area contributed by atoms with Crippen LogP contribution in [0.4, 0.5) is 5.69 Å². The van der Waals surface area contributed by atoms with E-state index in [0.717, 1.165) is 11.1 Å². The molecule has 0 aliphatic carbocycles. The van der Waals surface area contributed by atoms with Crippen molar-refractivity contribution in [2.45, 2.75) is 19.0 Å². The van der Waals surface area contributed by atoms with Crippen molar-refractivity contribution >= 4 is 29.1 Å². The average molecular weight is 411 g/mol. The van der Waals surface area contributed by atoms with Crippen LogP contribution in [0.1, 0.15) is 21.7 Å². The van der Waals surface area contributed by atoms with E-state index >= 15 is 0 Å². The van der Waals surface area contributed by atoms with Gasteiger partial charge in [-0.3, -0.25) is 9.59 Å². The third kappa shape index (κ3) is 3.84.